The average molecular weight is 465 g/mol. The Labute approximate surface area is 167 Å². The average Bonchev–Trinajstić information content (AvgIpc) is 3.04. The molecule has 142 valence electrons. The molecule has 1 aliphatic heterocycles. The zero-order valence-corrected chi connectivity index (χ0v) is 17.5. The summed E-state index contributed by atoms with van der Waals surface area (Å²) >= 11 is 0. The van der Waals surface area contributed by atoms with Crippen LogP contribution < -0.4 is 10.1 Å². The van der Waals surface area contributed by atoms with Crippen LogP contribution in [0.4, 0.5) is 4.39 Å². The summed E-state index contributed by atoms with van der Waals surface area (Å²) in [5.74, 6) is 1.35. The van der Waals surface area contributed by atoms with E-state index in [0.29, 0.717) is 12.5 Å². The number of benzene rings is 1. The second-order valence-electron chi connectivity index (χ2n) is 6.05. The molecule has 2 rings (SSSR count). The molecule has 5 nitrogen and oxygen atoms in total. The third-order valence-electron chi connectivity index (χ3n) is 4.07. The molecule has 25 heavy (non-hydrogen) atoms. The summed E-state index contributed by atoms with van der Waals surface area (Å²) in [5, 5.41) is 3.32. The first kappa shape index (κ1) is 22.0. The standard InChI is InChI=1S/C18H28FN3O2.HI/c1-4-23-13-15-9-10-22(12-15)18(20-3)21-11-14(2)24-17-8-6-5-7-16(17)19;/h5-8,14-15H,4,9-13H2,1-3H3,(H,20,21);1H. The van der Waals surface area contributed by atoms with Crippen molar-refractivity contribution in [3.8, 4) is 5.75 Å². The van der Waals surface area contributed by atoms with Crippen molar-refractivity contribution < 1.29 is 13.9 Å². The predicted octanol–water partition coefficient (Wildman–Crippen LogP) is 3.14. The lowest BCUT2D eigenvalue weighted by atomic mass is 10.1. The summed E-state index contributed by atoms with van der Waals surface area (Å²) in [7, 11) is 1.78. The highest BCUT2D eigenvalue weighted by molar-refractivity contribution is 14.0. The summed E-state index contributed by atoms with van der Waals surface area (Å²) in [6.45, 7) is 7.97. The zero-order chi connectivity index (χ0) is 17.4. The Morgan fingerprint density at radius 3 is 2.88 bits per heavy atom. The molecule has 1 saturated heterocycles. The van der Waals surface area contributed by atoms with Gasteiger partial charge in [-0.15, -0.1) is 24.0 Å². The van der Waals surface area contributed by atoms with Crippen LogP contribution in [0.1, 0.15) is 20.3 Å². The van der Waals surface area contributed by atoms with Crippen molar-refractivity contribution in [2.24, 2.45) is 10.9 Å². The maximum atomic E-state index is 13.6. The van der Waals surface area contributed by atoms with Gasteiger partial charge in [-0.25, -0.2) is 4.39 Å². The molecule has 2 atom stereocenters. The highest BCUT2D eigenvalue weighted by Crippen LogP contribution is 2.18. The lowest BCUT2D eigenvalue weighted by Crippen LogP contribution is -2.43. The largest absolute Gasteiger partial charge is 0.486 e. The van der Waals surface area contributed by atoms with E-state index in [1.165, 1.54) is 6.07 Å². The first-order valence-electron chi connectivity index (χ1n) is 8.58. The van der Waals surface area contributed by atoms with Gasteiger partial charge in [0.1, 0.15) is 6.10 Å². The molecule has 0 radical (unpaired) electrons. The summed E-state index contributed by atoms with van der Waals surface area (Å²) in [6, 6.07) is 6.45. The van der Waals surface area contributed by atoms with Crippen LogP contribution in [-0.4, -0.2) is 56.9 Å². The lowest BCUT2D eigenvalue weighted by molar-refractivity contribution is 0.114. The Balaban J connectivity index is 0.00000312. The fourth-order valence-electron chi connectivity index (χ4n) is 2.81. The van der Waals surface area contributed by atoms with E-state index in [0.717, 1.165) is 38.7 Å². The number of aliphatic imine (C=N–C) groups is 1. The zero-order valence-electron chi connectivity index (χ0n) is 15.2. The minimum Gasteiger partial charge on any atom is -0.486 e. The maximum Gasteiger partial charge on any atom is 0.193 e. The lowest BCUT2D eigenvalue weighted by Gasteiger charge is -2.23. The molecule has 0 bridgehead atoms. The smallest absolute Gasteiger partial charge is 0.193 e. The molecule has 7 heteroatoms. The summed E-state index contributed by atoms with van der Waals surface area (Å²) < 4.78 is 24.8. The van der Waals surface area contributed by atoms with Gasteiger partial charge >= 0.3 is 0 Å². The number of halogens is 2. The molecule has 1 heterocycles. The van der Waals surface area contributed by atoms with Crippen LogP contribution in [0.3, 0.4) is 0 Å². The first-order valence-corrected chi connectivity index (χ1v) is 8.58. The number of nitrogens with one attached hydrogen (secondary N) is 1. The number of guanidine groups is 1. The van der Waals surface area contributed by atoms with Crippen molar-refractivity contribution in [1.29, 1.82) is 0 Å². The molecule has 1 aromatic carbocycles. The summed E-state index contributed by atoms with van der Waals surface area (Å²) in [5.41, 5.74) is 0. The number of nitrogens with zero attached hydrogens (tertiary/aromatic N) is 2. The molecule has 0 spiro atoms. The molecule has 0 aliphatic carbocycles. The van der Waals surface area contributed by atoms with E-state index in [4.69, 9.17) is 9.47 Å². The Hall–Kier alpha value is -1.09. The number of ether oxygens (including phenoxy) is 2. The second kappa shape index (κ2) is 11.5. The van der Waals surface area contributed by atoms with Crippen LogP contribution in [0.5, 0.6) is 5.75 Å². The molecule has 1 N–H and O–H groups in total. The van der Waals surface area contributed by atoms with Gasteiger partial charge < -0.3 is 19.7 Å². The van der Waals surface area contributed by atoms with Crippen molar-refractivity contribution in [3.05, 3.63) is 30.1 Å². The molecule has 2 unspecified atom stereocenters. The Bertz CT molecular complexity index is 545. The molecular weight excluding hydrogens is 436 g/mol. The van der Waals surface area contributed by atoms with Crippen molar-refractivity contribution >= 4 is 29.9 Å². The third kappa shape index (κ3) is 6.97. The van der Waals surface area contributed by atoms with E-state index in [-0.39, 0.29) is 41.6 Å². The SMILES string of the molecule is CCOCC1CCN(C(=NC)NCC(C)Oc2ccccc2F)C1.I. The van der Waals surface area contributed by atoms with Gasteiger partial charge in [-0.05, 0) is 32.4 Å². The molecule has 0 aromatic heterocycles. The van der Waals surface area contributed by atoms with Gasteiger partial charge in [0, 0.05) is 32.7 Å². The van der Waals surface area contributed by atoms with Gasteiger partial charge in [-0.3, -0.25) is 4.99 Å². The van der Waals surface area contributed by atoms with Crippen molar-refractivity contribution in [2.45, 2.75) is 26.4 Å². The van der Waals surface area contributed by atoms with Crippen LogP contribution in [0.2, 0.25) is 0 Å². The Kier molecular flexibility index (Phi) is 10.1. The topological polar surface area (TPSA) is 46.1 Å². The van der Waals surface area contributed by atoms with Gasteiger partial charge in [0.05, 0.1) is 13.2 Å². The first-order chi connectivity index (χ1) is 11.6. The third-order valence-corrected chi connectivity index (χ3v) is 4.07. The van der Waals surface area contributed by atoms with Gasteiger partial charge in [-0.1, -0.05) is 12.1 Å². The van der Waals surface area contributed by atoms with E-state index >= 15 is 0 Å². The minimum absolute atomic E-state index is 0. The van der Waals surface area contributed by atoms with Crippen LogP contribution in [0, 0.1) is 11.7 Å². The quantitative estimate of drug-likeness (QED) is 0.382. The van der Waals surface area contributed by atoms with Gasteiger partial charge in [0.25, 0.3) is 0 Å². The van der Waals surface area contributed by atoms with Crippen LogP contribution in [0.25, 0.3) is 0 Å². The van der Waals surface area contributed by atoms with Crippen LogP contribution >= 0.6 is 24.0 Å². The maximum absolute atomic E-state index is 13.6. The predicted molar refractivity (Wildman–Crippen MR) is 109 cm³/mol. The molecule has 1 aromatic rings. The van der Waals surface area contributed by atoms with Crippen molar-refractivity contribution in [2.75, 3.05) is 39.9 Å². The summed E-state index contributed by atoms with van der Waals surface area (Å²) in [4.78, 5) is 6.58. The number of rotatable bonds is 7. The monoisotopic (exact) mass is 465 g/mol. The van der Waals surface area contributed by atoms with Crippen LogP contribution in [-0.2, 0) is 4.74 Å². The molecule has 1 aliphatic rings. The van der Waals surface area contributed by atoms with E-state index in [1.54, 1.807) is 25.2 Å². The Morgan fingerprint density at radius 1 is 1.44 bits per heavy atom. The number of hydrogen-bond donors (Lipinski definition) is 1. The fourth-order valence-corrected chi connectivity index (χ4v) is 2.81. The minimum atomic E-state index is -0.341. The van der Waals surface area contributed by atoms with Gasteiger partial charge in [-0.2, -0.15) is 0 Å². The Morgan fingerprint density at radius 2 is 2.20 bits per heavy atom. The molecular formula is C18H29FIN3O2. The molecule has 1 fully saturated rings. The van der Waals surface area contributed by atoms with E-state index < -0.39 is 0 Å². The van der Waals surface area contributed by atoms with Gasteiger partial charge in [0.2, 0.25) is 0 Å². The van der Waals surface area contributed by atoms with Gasteiger partial charge in [0.15, 0.2) is 17.5 Å². The second-order valence-corrected chi connectivity index (χ2v) is 6.05. The van der Waals surface area contributed by atoms with E-state index in [9.17, 15) is 4.39 Å². The fraction of sp³-hybridized carbons (Fsp3) is 0.611. The normalized spacial score (nSPS) is 18.6. The van der Waals surface area contributed by atoms with E-state index in [1.807, 2.05) is 13.8 Å². The van der Waals surface area contributed by atoms with Crippen molar-refractivity contribution in [3.63, 3.8) is 0 Å². The van der Waals surface area contributed by atoms with Crippen LogP contribution in [0.15, 0.2) is 29.3 Å². The van der Waals surface area contributed by atoms with E-state index in [2.05, 4.69) is 15.2 Å². The number of likely N-dealkylation sites (tertiary alicyclic amines) is 1. The number of hydrogen-bond acceptors (Lipinski definition) is 3. The highest BCUT2D eigenvalue weighted by atomic mass is 127. The van der Waals surface area contributed by atoms with Crippen molar-refractivity contribution in [1.82, 2.24) is 10.2 Å². The number of para-hydroxylation sites is 1. The summed E-state index contributed by atoms with van der Waals surface area (Å²) in [6.07, 6.45) is 0.947. The molecule has 0 saturated carbocycles. The highest BCUT2D eigenvalue weighted by Gasteiger charge is 2.25. The molecule has 0 amide bonds.